The molecular formula is C25H22Cl2N2O4. The average molecular weight is 485 g/mol. The number of hydrogen-bond acceptors (Lipinski definition) is 5. The Balaban J connectivity index is 1.40. The van der Waals surface area contributed by atoms with E-state index < -0.39 is 5.97 Å². The monoisotopic (exact) mass is 484 g/mol. The molecule has 1 fully saturated rings. The van der Waals surface area contributed by atoms with Crippen LogP contribution in [0.3, 0.4) is 0 Å². The van der Waals surface area contributed by atoms with Crippen LogP contribution in [0.1, 0.15) is 21.5 Å². The summed E-state index contributed by atoms with van der Waals surface area (Å²) >= 11 is 12.8. The van der Waals surface area contributed by atoms with Crippen LogP contribution in [-0.4, -0.2) is 43.6 Å². The summed E-state index contributed by atoms with van der Waals surface area (Å²) < 4.78 is 11.2. The summed E-state index contributed by atoms with van der Waals surface area (Å²) in [5.74, 6) is -0.605. The fraction of sp³-hybridized carbons (Fsp3) is 0.200. The van der Waals surface area contributed by atoms with Crippen LogP contribution in [0, 0.1) is 0 Å². The molecule has 1 aliphatic heterocycles. The van der Waals surface area contributed by atoms with Crippen molar-refractivity contribution in [3.8, 4) is 5.75 Å². The van der Waals surface area contributed by atoms with Crippen LogP contribution >= 0.6 is 23.2 Å². The Morgan fingerprint density at radius 1 is 1.03 bits per heavy atom. The molecule has 3 aromatic rings. The normalized spacial score (nSPS) is 13.9. The minimum absolute atomic E-state index is 0.211. The molecule has 1 heterocycles. The zero-order valence-electron chi connectivity index (χ0n) is 17.7. The summed E-state index contributed by atoms with van der Waals surface area (Å²) in [4.78, 5) is 17.8. The lowest BCUT2D eigenvalue weighted by Crippen LogP contribution is -2.36. The Bertz CT molecular complexity index is 1120. The molecule has 0 spiro atoms. The minimum atomic E-state index is -0.973. The molecule has 1 aliphatic rings. The van der Waals surface area contributed by atoms with Gasteiger partial charge in [0.1, 0.15) is 6.61 Å². The summed E-state index contributed by atoms with van der Waals surface area (Å²) in [6.07, 6.45) is 1.70. The van der Waals surface area contributed by atoms with Gasteiger partial charge in [0.25, 0.3) is 0 Å². The highest BCUT2D eigenvalue weighted by Crippen LogP contribution is 2.34. The molecule has 0 saturated carbocycles. The van der Waals surface area contributed by atoms with E-state index in [1.54, 1.807) is 30.5 Å². The van der Waals surface area contributed by atoms with E-state index in [0.29, 0.717) is 15.8 Å². The zero-order chi connectivity index (χ0) is 23.2. The van der Waals surface area contributed by atoms with Crippen molar-refractivity contribution in [2.75, 3.05) is 31.2 Å². The van der Waals surface area contributed by atoms with Gasteiger partial charge in [0.2, 0.25) is 0 Å². The van der Waals surface area contributed by atoms with Gasteiger partial charge in [-0.3, -0.25) is 4.99 Å². The second-order valence-corrected chi connectivity index (χ2v) is 8.29. The molecule has 0 unspecified atom stereocenters. The SMILES string of the molecule is O=C(O)c1ccc(COc2c(Cl)cc(C=Nc3ccc(N4CCOCC4)cc3)cc2Cl)cc1. The van der Waals surface area contributed by atoms with Crippen molar-refractivity contribution < 1.29 is 19.4 Å². The number of halogens is 2. The third kappa shape index (κ3) is 6.05. The first-order valence-corrected chi connectivity index (χ1v) is 11.2. The van der Waals surface area contributed by atoms with Gasteiger partial charge in [0, 0.05) is 25.0 Å². The van der Waals surface area contributed by atoms with Gasteiger partial charge < -0.3 is 19.5 Å². The van der Waals surface area contributed by atoms with Crippen LogP contribution in [0.15, 0.2) is 65.7 Å². The quantitative estimate of drug-likeness (QED) is 0.425. The maximum Gasteiger partial charge on any atom is 0.335 e. The van der Waals surface area contributed by atoms with E-state index >= 15 is 0 Å². The van der Waals surface area contributed by atoms with Crippen molar-refractivity contribution in [1.82, 2.24) is 0 Å². The van der Waals surface area contributed by atoms with Gasteiger partial charge in [-0.15, -0.1) is 0 Å². The molecule has 170 valence electrons. The number of anilines is 1. The first kappa shape index (κ1) is 23.1. The topological polar surface area (TPSA) is 71.4 Å². The van der Waals surface area contributed by atoms with Crippen LogP contribution < -0.4 is 9.64 Å². The first-order chi connectivity index (χ1) is 16.0. The average Bonchev–Trinajstić information content (AvgIpc) is 2.83. The van der Waals surface area contributed by atoms with Crippen molar-refractivity contribution in [3.05, 3.63) is 87.4 Å². The smallest absolute Gasteiger partial charge is 0.335 e. The molecule has 1 saturated heterocycles. The number of nitrogens with zero attached hydrogens (tertiary/aromatic N) is 2. The Labute approximate surface area is 202 Å². The third-order valence-corrected chi connectivity index (χ3v) is 5.75. The second kappa shape index (κ2) is 10.7. The number of morpholine rings is 1. The highest BCUT2D eigenvalue weighted by Gasteiger charge is 2.12. The minimum Gasteiger partial charge on any atom is -0.486 e. The fourth-order valence-corrected chi connectivity index (χ4v) is 4.02. The number of aromatic carboxylic acids is 1. The lowest BCUT2D eigenvalue weighted by atomic mass is 10.1. The third-order valence-electron chi connectivity index (χ3n) is 5.19. The molecule has 0 aromatic heterocycles. The molecule has 0 aliphatic carbocycles. The van der Waals surface area contributed by atoms with E-state index in [1.807, 2.05) is 12.1 Å². The maximum atomic E-state index is 11.0. The van der Waals surface area contributed by atoms with Gasteiger partial charge in [-0.1, -0.05) is 35.3 Å². The molecule has 0 atom stereocenters. The Kier molecular flexibility index (Phi) is 7.50. The van der Waals surface area contributed by atoms with E-state index in [0.717, 1.165) is 48.8 Å². The van der Waals surface area contributed by atoms with Crippen LogP contribution in [0.2, 0.25) is 10.0 Å². The molecule has 8 heteroatoms. The van der Waals surface area contributed by atoms with Gasteiger partial charge in [-0.2, -0.15) is 0 Å². The van der Waals surface area contributed by atoms with E-state index in [2.05, 4.69) is 22.0 Å². The van der Waals surface area contributed by atoms with Crippen molar-refractivity contribution in [2.45, 2.75) is 6.61 Å². The van der Waals surface area contributed by atoms with Crippen LogP contribution in [0.4, 0.5) is 11.4 Å². The Hall–Kier alpha value is -3.06. The number of ether oxygens (including phenoxy) is 2. The number of carboxylic acids is 1. The van der Waals surface area contributed by atoms with Gasteiger partial charge in [0.15, 0.2) is 5.75 Å². The van der Waals surface area contributed by atoms with E-state index in [4.69, 9.17) is 37.8 Å². The number of aliphatic imine (C=N–C) groups is 1. The molecular weight excluding hydrogens is 463 g/mol. The zero-order valence-corrected chi connectivity index (χ0v) is 19.2. The summed E-state index contributed by atoms with van der Waals surface area (Å²) in [5, 5.41) is 9.72. The first-order valence-electron chi connectivity index (χ1n) is 10.4. The lowest BCUT2D eigenvalue weighted by molar-refractivity contribution is 0.0697. The molecule has 4 rings (SSSR count). The van der Waals surface area contributed by atoms with Crippen molar-refractivity contribution in [2.24, 2.45) is 4.99 Å². The largest absolute Gasteiger partial charge is 0.486 e. The van der Waals surface area contributed by atoms with Gasteiger partial charge in [-0.25, -0.2) is 4.79 Å². The molecule has 6 nitrogen and oxygen atoms in total. The second-order valence-electron chi connectivity index (χ2n) is 7.48. The number of rotatable bonds is 7. The van der Waals surface area contributed by atoms with Crippen LogP contribution in [0.5, 0.6) is 5.75 Å². The van der Waals surface area contributed by atoms with E-state index in [-0.39, 0.29) is 12.2 Å². The van der Waals surface area contributed by atoms with E-state index in [1.165, 1.54) is 12.1 Å². The summed E-state index contributed by atoms with van der Waals surface area (Å²) in [5.41, 5.74) is 3.75. The summed E-state index contributed by atoms with van der Waals surface area (Å²) in [6, 6.07) is 18.0. The lowest BCUT2D eigenvalue weighted by Gasteiger charge is -2.28. The highest BCUT2D eigenvalue weighted by molar-refractivity contribution is 6.37. The maximum absolute atomic E-state index is 11.0. The van der Waals surface area contributed by atoms with Crippen molar-refractivity contribution >= 4 is 46.8 Å². The molecule has 0 radical (unpaired) electrons. The predicted molar refractivity (Wildman–Crippen MR) is 131 cm³/mol. The van der Waals surface area contributed by atoms with Gasteiger partial charge in [0.05, 0.1) is 34.5 Å². The van der Waals surface area contributed by atoms with Crippen molar-refractivity contribution in [3.63, 3.8) is 0 Å². The molecule has 0 amide bonds. The van der Waals surface area contributed by atoms with Crippen LogP contribution in [-0.2, 0) is 11.3 Å². The van der Waals surface area contributed by atoms with Gasteiger partial charge in [-0.05, 0) is 59.7 Å². The molecule has 3 aromatic carbocycles. The fourth-order valence-electron chi connectivity index (χ4n) is 3.41. The summed E-state index contributed by atoms with van der Waals surface area (Å²) in [6.45, 7) is 3.49. The molecule has 33 heavy (non-hydrogen) atoms. The molecule has 1 N–H and O–H groups in total. The Morgan fingerprint density at radius 2 is 1.67 bits per heavy atom. The number of carbonyl (C=O) groups is 1. The standard InChI is InChI=1S/C25H22Cl2N2O4/c26-22-13-18(15-28-20-5-7-21(8-6-20)29-9-11-32-12-10-29)14-23(27)24(22)33-16-17-1-3-19(4-2-17)25(30)31/h1-8,13-15H,9-12,16H2,(H,30,31). The highest BCUT2D eigenvalue weighted by atomic mass is 35.5. The van der Waals surface area contributed by atoms with Crippen molar-refractivity contribution in [1.29, 1.82) is 0 Å². The van der Waals surface area contributed by atoms with Gasteiger partial charge >= 0.3 is 5.97 Å². The number of carboxylic acid groups (broad SMARTS) is 1. The number of benzene rings is 3. The Morgan fingerprint density at radius 3 is 2.27 bits per heavy atom. The predicted octanol–water partition coefficient (Wildman–Crippen LogP) is 5.86. The molecule has 0 bridgehead atoms. The van der Waals surface area contributed by atoms with E-state index in [9.17, 15) is 4.79 Å². The van der Waals surface area contributed by atoms with Crippen LogP contribution in [0.25, 0.3) is 0 Å². The summed E-state index contributed by atoms with van der Waals surface area (Å²) in [7, 11) is 0. The number of hydrogen-bond donors (Lipinski definition) is 1.